The fourth-order valence-electron chi connectivity index (χ4n) is 1.85. The largest absolute Gasteiger partial charge is 0.392 e. The minimum Gasteiger partial charge on any atom is -0.392 e. The molecule has 1 aliphatic rings. The summed E-state index contributed by atoms with van der Waals surface area (Å²) in [5.74, 6) is 0.0734. The zero-order valence-corrected chi connectivity index (χ0v) is 9.73. The molecule has 0 spiro atoms. The first-order chi connectivity index (χ1) is 8.16. The van der Waals surface area contributed by atoms with E-state index in [1.54, 1.807) is 12.1 Å². The molecule has 4 nitrogen and oxygen atoms in total. The molecular formula is C13H18N2O2. The van der Waals surface area contributed by atoms with E-state index in [0.717, 1.165) is 18.4 Å². The highest BCUT2D eigenvalue weighted by Gasteiger charge is 2.28. The summed E-state index contributed by atoms with van der Waals surface area (Å²) in [7, 11) is 0. The fourth-order valence-corrected chi connectivity index (χ4v) is 1.85. The Morgan fingerprint density at radius 2 is 2.29 bits per heavy atom. The van der Waals surface area contributed by atoms with Crippen molar-refractivity contribution in [3.8, 4) is 0 Å². The Bertz CT molecular complexity index is 402. The number of carbonyl (C=O) groups is 1. The molecule has 4 heteroatoms. The van der Waals surface area contributed by atoms with Crippen LogP contribution in [0.3, 0.4) is 0 Å². The van der Waals surface area contributed by atoms with E-state index in [-0.39, 0.29) is 6.10 Å². The molecule has 0 saturated heterocycles. The van der Waals surface area contributed by atoms with Gasteiger partial charge >= 0.3 is 0 Å². The highest BCUT2D eigenvalue weighted by Crippen LogP contribution is 2.32. The summed E-state index contributed by atoms with van der Waals surface area (Å²) >= 11 is 0. The lowest BCUT2D eigenvalue weighted by atomic mass is 10.1. The number of aliphatic hydroxyl groups excluding tert-OH is 1. The second kappa shape index (κ2) is 5.29. The smallest absolute Gasteiger partial charge is 0.248 e. The molecular weight excluding hydrogens is 216 g/mol. The minimum atomic E-state index is -0.412. The van der Waals surface area contributed by atoms with Gasteiger partial charge in [-0.3, -0.25) is 4.79 Å². The second-order valence-electron chi connectivity index (χ2n) is 4.60. The first-order valence-electron chi connectivity index (χ1n) is 5.94. The molecule has 1 aromatic carbocycles. The quantitative estimate of drug-likeness (QED) is 0.676. The minimum absolute atomic E-state index is 0.241. The molecule has 0 aliphatic heterocycles. The van der Waals surface area contributed by atoms with Crippen molar-refractivity contribution >= 4 is 5.91 Å². The predicted octanol–water partition coefficient (Wildman–Crippen LogP) is 0.646. The van der Waals surface area contributed by atoms with Gasteiger partial charge in [-0.2, -0.15) is 0 Å². The first kappa shape index (κ1) is 12.1. The number of carbonyl (C=O) groups excluding carboxylic acids is 1. The molecule has 2 rings (SSSR count). The molecule has 0 heterocycles. The molecule has 1 saturated carbocycles. The molecule has 92 valence electrons. The molecule has 0 bridgehead atoms. The van der Waals surface area contributed by atoms with Gasteiger partial charge in [0.1, 0.15) is 0 Å². The Labute approximate surface area is 101 Å². The standard InChI is InChI=1S/C13H18N2O2/c14-13(17)11-3-1-2-9(6-11)7-15-8-12(16)10-4-5-10/h1-3,6,10,12,15-16H,4-5,7-8H2,(H2,14,17). The van der Waals surface area contributed by atoms with Crippen molar-refractivity contribution in [3.63, 3.8) is 0 Å². The summed E-state index contributed by atoms with van der Waals surface area (Å²) in [6, 6.07) is 7.22. The average molecular weight is 234 g/mol. The van der Waals surface area contributed by atoms with Crippen LogP contribution in [-0.2, 0) is 6.54 Å². The maximum Gasteiger partial charge on any atom is 0.248 e. The van der Waals surface area contributed by atoms with Gasteiger partial charge in [0.2, 0.25) is 5.91 Å². The number of aliphatic hydroxyl groups is 1. The van der Waals surface area contributed by atoms with Gasteiger partial charge in [0.15, 0.2) is 0 Å². The van der Waals surface area contributed by atoms with Gasteiger partial charge in [0, 0.05) is 18.7 Å². The number of primary amides is 1. The zero-order valence-electron chi connectivity index (χ0n) is 9.73. The maximum absolute atomic E-state index is 11.0. The van der Waals surface area contributed by atoms with Crippen LogP contribution in [-0.4, -0.2) is 23.7 Å². The van der Waals surface area contributed by atoms with Gasteiger partial charge in [-0.1, -0.05) is 12.1 Å². The van der Waals surface area contributed by atoms with E-state index in [1.165, 1.54) is 0 Å². The predicted molar refractivity (Wildman–Crippen MR) is 65.4 cm³/mol. The third-order valence-corrected chi connectivity index (χ3v) is 3.06. The average Bonchev–Trinajstić information content (AvgIpc) is 3.13. The van der Waals surface area contributed by atoms with Gasteiger partial charge in [-0.05, 0) is 36.5 Å². The van der Waals surface area contributed by atoms with E-state index in [1.807, 2.05) is 12.1 Å². The first-order valence-corrected chi connectivity index (χ1v) is 5.94. The lowest BCUT2D eigenvalue weighted by Gasteiger charge is -2.10. The number of nitrogens with one attached hydrogen (secondary N) is 1. The molecule has 1 atom stereocenters. The summed E-state index contributed by atoms with van der Waals surface area (Å²) in [5.41, 5.74) is 6.73. The molecule has 1 amide bonds. The van der Waals surface area contributed by atoms with Crippen LogP contribution < -0.4 is 11.1 Å². The SMILES string of the molecule is NC(=O)c1cccc(CNCC(O)C2CC2)c1. The molecule has 1 aromatic rings. The summed E-state index contributed by atoms with van der Waals surface area (Å²) in [4.78, 5) is 11.0. The Kier molecular flexibility index (Phi) is 3.76. The Hall–Kier alpha value is -1.39. The highest BCUT2D eigenvalue weighted by molar-refractivity contribution is 5.92. The summed E-state index contributed by atoms with van der Waals surface area (Å²) < 4.78 is 0. The number of benzene rings is 1. The van der Waals surface area contributed by atoms with Crippen LogP contribution in [0.2, 0.25) is 0 Å². The molecule has 4 N–H and O–H groups in total. The van der Waals surface area contributed by atoms with Crippen molar-refractivity contribution in [1.82, 2.24) is 5.32 Å². The summed E-state index contributed by atoms with van der Waals surface area (Å²) in [6.45, 7) is 1.25. The van der Waals surface area contributed by atoms with Crippen LogP contribution in [0.1, 0.15) is 28.8 Å². The number of hydrogen-bond acceptors (Lipinski definition) is 3. The maximum atomic E-state index is 11.0. The molecule has 1 aliphatic carbocycles. The topological polar surface area (TPSA) is 75.4 Å². The van der Waals surface area contributed by atoms with Crippen LogP contribution in [0, 0.1) is 5.92 Å². The van der Waals surface area contributed by atoms with Crippen LogP contribution >= 0.6 is 0 Å². The van der Waals surface area contributed by atoms with Crippen molar-refractivity contribution in [2.75, 3.05) is 6.54 Å². The summed E-state index contributed by atoms with van der Waals surface area (Å²) in [6.07, 6.45) is 2.04. The monoisotopic (exact) mass is 234 g/mol. The number of rotatable bonds is 6. The van der Waals surface area contributed by atoms with E-state index in [4.69, 9.17) is 5.73 Å². The van der Waals surface area contributed by atoms with Gasteiger partial charge in [-0.25, -0.2) is 0 Å². The third kappa shape index (κ3) is 3.54. The lowest BCUT2D eigenvalue weighted by molar-refractivity contribution is 0.1000. The van der Waals surface area contributed by atoms with Gasteiger partial charge < -0.3 is 16.2 Å². The molecule has 0 aromatic heterocycles. The van der Waals surface area contributed by atoms with Gasteiger partial charge in [-0.15, -0.1) is 0 Å². The van der Waals surface area contributed by atoms with Gasteiger partial charge in [0.25, 0.3) is 0 Å². The normalized spacial score (nSPS) is 16.8. The van der Waals surface area contributed by atoms with E-state index in [2.05, 4.69) is 5.32 Å². The zero-order chi connectivity index (χ0) is 12.3. The highest BCUT2D eigenvalue weighted by atomic mass is 16.3. The van der Waals surface area contributed by atoms with Crippen LogP contribution in [0.4, 0.5) is 0 Å². The number of hydrogen-bond donors (Lipinski definition) is 3. The third-order valence-electron chi connectivity index (χ3n) is 3.06. The van der Waals surface area contributed by atoms with E-state index < -0.39 is 5.91 Å². The molecule has 17 heavy (non-hydrogen) atoms. The molecule has 0 radical (unpaired) electrons. The fraction of sp³-hybridized carbons (Fsp3) is 0.462. The summed E-state index contributed by atoms with van der Waals surface area (Å²) in [5, 5.41) is 12.9. The number of amides is 1. The van der Waals surface area contributed by atoms with E-state index in [9.17, 15) is 9.90 Å². The van der Waals surface area contributed by atoms with Crippen molar-refractivity contribution < 1.29 is 9.90 Å². The number of nitrogens with two attached hydrogens (primary N) is 1. The Balaban J connectivity index is 1.81. The van der Waals surface area contributed by atoms with Gasteiger partial charge in [0.05, 0.1) is 6.10 Å². The van der Waals surface area contributed by atoms with Crippen molar-refractivity contribution in [2.45, 2.75) is 25.5 Å². The van der Waals surface area contributed by atoms with Crippen LogP contribution in [0.15, 0.2) is 24.3 Å². The van der Waals surface area contributed by atoms with Crippen molar-refractivity contribution in [1.29, 1.82) is 0 Å². The van der Waals surface area contributed by atoms with E-state index >= 15 is 0 Å². The molecule has 1 fully saturated rings. The van der Waals surface area contributed by atoms with Crippen molar-refractivity contribution in [2.24, 2.45) is 11.7 Å². The Morgan fingerprint density at radius 1 is 1.53 bits per heavy atom. The second-order valence-corrected chi connectivity index (χ2v) is 4.60. The lowest BCUT2D eigenvalue weighted by Crippen LogP contribution is -2.27. The van der Waals surface area contributed by atoms with Crippen molar-refractivity contribution in [3.05, 3.63) is 35.4 Å². The molecule has 1 unspecified atom stereocenters. The van der Waals surface area contributed by atoms with Crippen LogP contribution in [0.5, 0.6) is 0 Å². The van der Waals surface area contributed by atoms with Crippen LogP contribution in [0.25, 0.3) is 0 Å². The van der Waals surface area contributed by atoms with E-state index in [0.29, 0.717) is 24.6 Å². The Morgan fingerprint density at radius 3 is 2.94 bits per heavy atom.